The van der Waals surface area contributed by atoms with Gasteiger partial charge in [0.25, 0.3) is 5.69 Å². The first-order chi connectivity index (χ1) is 7.06. The SMILES string of the molecule is Cc1cc([N+](=O)[O-])ccc1/C(N)=C/C#N. The van der Waals surface area contributed by atoms with Gasteiger partial charge in [0.2, 0.25) is 0 Å². The van der Waals surface area contributed by atoms with Crippen molar-refractivity contribution in [1.82, 2.24) is 0 Å². The molecular formula is C10H9N3O2. The van der Waals surface area contributed by atoms with Gasteiger partial charge in [0.15, 0.2) is 0 Å². The molecule has 0 radical (unpaired) electrons. The Morgan fingerprint density at radius 3 is 2.80 bits per heavy atom. The van der Waals surface area contributed by atoms with Gasteiger partial charge in [-0.05, 0) is 18.6 Å². The summed E-state index contributed by atoms with van der Waals surface area (Å²) in [5.74, 6) is 0. The number of allylic oxidation sites excluding steroid dienone is 1. The number of hydrogen-bond acceptors (Lipinski definition) is 4. The Morgan fingerprint density at radius 2 is 2.33 bits per heavy atom. The third-order valence-electron chi connectivity index (χ3n) is 1.95. The van der Waals surface area contributed by atoms with Crippen molar-refractivity contribution < 1.29 is 4.92 Å². The fourth-order valence-corrected chi connectivity index (χ4v) is 1.23. The molecule has 0 atom stereocenters. The van der Waals surface area contributed by atoms with Crippen LogP contribution in [-0.2, 0) is 0 Å². The fraction of sp³-hybridized carbons (Fsp3) is 0.100. The second kappa shape index (κ2) is 4.24. The molecule has 0 unspecified atom stereocenters. The topological polar surface area (TPSA) is 92.9 Å². The monoisotopic (exact) mass is 203 g/mol. The summed E-state index contributed by atoms with van der Waals surface area (Å²) in [4.78, 5) is 10.00. The van der Waals surface area contributed by atoms with Gasteiger partial charge in [0, 0.05) is 29.5 Å². The van der Waals surface area contributed by atoms with Crippen LogP contribution in [0.15, 0.2) is 24.3 Å². The van der Waals surface area contributed by atoms with Crippen LogP contribution >= 0.6 is 0 Å². The fourth-order valence-electron chi connectivity index (χ4n) is 1.23. The summed E-state index contributed by atoms with van der Waals surface area (Å²) in [5.41, 5.74) is 7.24. The minimum atomic E-state index is -0.471. The Hall–Kier alpha value is -2.35. The maximum atomic E-state index is 10.5. The number of nitro groups is 1. The number of nitro benzene ring substituents is 1. The molecule has 0 bridgehead atoms. The number of nitriles is 1. The molecule has 5 nitrogen and oxygen atoms in total. The summed E-state index contributed by atoms with van der Waals surface area (Å²) < 4.78 is 0. The first-order valence-electron chi connectivity index (χ1n) is 4.17. The van der Waals surface area contributed by atoms with Gasteiger partial charge in [-0.3, -0.25) is 10.1 Å². The summed E-state index contributed by atoms with van der Waals surface area (Å²) in [7, 11) is 0. The Bertz CT molecular complexity index is 472. The van der Waals surface area contributed by atoms with Crippen LogP contribution in [0.5, 0.6) is 0 Å². The highest BCUT2D eigenvalue weighted by atomic mass is 16.6. The summed E-state index contributed by atoms with van der Waals surface area (Å²) in [6, 6.07) is 6.13. The molecule has 0 saturated heterocycles. The third-order valence-corrected chi connectivity index (χ3v) is 1.95. The van der Waals surface area contributed by atoms with E-state index in [-0.39, 0.29) is 5.69 Å². The number of aryl methyl sites for hydroxylation is 1. The Morgan fingerprint density at radius 1 is 1.67 bits per heavy atom. The molecule has 0 spiro atoms. The van der Waals surface area contributed by atoms with Gasteiger partial charge in [-0.1, -0.05) is 0 Å². The lowest BCUT2D eigenvalue weighted by Crippen LogP contribution is -1.99. The molecule has 5 heteroatoms. The van der Waals surface area contributed by atoms with Crippen LogP contribution in [0.2, 0.25) is 0 Å². The minimum absolute atomic E-state index is 0.0148. The van der Waals surface area contributed by atoms with E-state index in [1.165, 1.54) is 24.3 Å². The molecule has 2 N–H and O–H groups in total. The quantitative estimate of drug-likeness (QED) is 0.450. The number of hydrogen-bond donors (Lipinski definition) is 1. The lowest BCUT2D eigenvalue weighted by Gasteiger charge is -2.04. The summed E-state index contributed by atoms with van der Waals surface area (Å²) in [6.45, 7) is 1.71. The van der Waals surface area contributed by atoms with Crippen molar-refractivity contribution in [3.05, 3.63) is 45.5 Å². The molecule has 0 amide bonds. The Labute approximate surface area is 86.6 Å². The molecule has 76 valence electrons. The van der Waals surface area contributed by atoms with Gasteiger partial charge < -0.3 is 5.73 Å². The average Bonchev–Trinajstić information content (AvgIpc) is 2.17. The van der Waals surface area contributed by atoms with Gasteiger partial charge in [0.05, 0.1) is 11.0 Å². The molecule has 0 aliphatic rings. The van der Waals surface area contributed by atoms with Crippen molar-refractivity contribution in [2.24, 2.45) is 5.73 Å². The minimum Gasteiger partial charge on any atom is -0.398 e. The number of rotatable bonds is 2. The van der Waals surface area contributed by atoms with Crippen molar-refractivity contribution in [3.8, 4) is 6.07 Å². The standard InChI is InChI=1S/C10H9N3O2/c1-7-6-8(13(14)15)2-3-9(7)10(12)4-5-11/h2-4,6H,12H2,1H3/b10-4-. The van der Waals surface area contributed by atoms with Crippen LogP contribution in [0.3, 0.4) is 0 Å². The smallest absolute Gasteiger partial charge is 0.269 e. The summed E-state index contributed by atoms with van der Waals surface area (Å²) in [6.07, 6.45) is 1.20. The van der Waals surface area contributed by atoms with Gasteiger partial charge in [0.1, 0.15) is 0 Å². The molecule has 0 heterocycles. The largest absolute Gasteiger partial charge is 0.398 e. The average molecular weight is 203 g/mol. The van der Waals surface area contributed by atoms with Crippen LogP contribution in [0.4, 0.5) is 5.69 Å². The second-order valence-electron chi connectivity index (χ2n) is 2.99. The number of nitrogens with zero attached hydrogens (tertiary/aromatic N) is 2. The van der Waals surface area contributed by atoms with Crippen molar-refractivity contribution >= 4 is 11.4 Å². The molecule has 0 saturated carbocycles. The van der Waals surface area contributed by atoms with E-state index in [9.17, 15) is 10.1 Å². The maximum absolute atomic E-state index is 10.5. The molecule has 1 aromatic carbocycles. The van der Waals surface area contributed by atoms with E-state index in [0.717, 1.165) is 0 Å². The number of non-ortho nitro benzene ring substituents is 1. The van der Waals surface area contributed by atoms with Gasteiger partial charge in [-0.2, -0.15) is 5.26 Å². The Balaban J connectivity index is 3.21. The molecule has 0 aliphatic heterocycles. The highest BCUT2D eigenvalue weighted by molar-refractivity contribution is 5.68. The van der Waals surface area contributed by atoms with E-state index < -0.39 is 4.92 Å². The summed E-state index contributed by atoms with van der Waals surface area (Å²) >= 11 is 0. The number of nitrogens with two attached hydrogens (primary N) is 1. The van der Waals surface area contributed by atoms with Crippen LogP contribution in [0.1, 0.15) is 11.1 Å². The zero-order valence-electron chi connectivity index (χ0n) is 8.10. The van der Waals surface area contributed by atoms with Crippen molar-refractivity contribution in [2.75, 3.05) is 0 Å². The zero-order chi connectivity index (χ0) is 11.4. The maximum Gasteiger partial charge on any atom is 0.269 e. The predicted molar refractivity (Wildman–Crippen MR) is 55.6 cm³/mol. The summed E-state index contributed by atoms with van der Waals surface area (Å²) in [5, 5.41) is 18.9. The van der Waals surface area contributed by atoms with Crippen molar-refractivity contribution in [1.29, 1.82) is 5.26 Å². The van der Waals surface area contributed by atoms with Gasteiger partial charge in [-0.15, -0.1) is 0 Å². The first kappa shape index (κ1) is 10.7. The number of benzene rings is 1. The van der Waals surface area contributed by atoms with Crippen molar-refractivity contribution in [3.63, 3.8) is 0 Å². The van der Waals surface area contributed by atoms with Crippen LogP contribution in [0, 0.1) is 28.4 Å². The van der Waals surface area contributed by atoms with E-state index in [2.05, 4.69) is 0 Å². The van der Waals surface area contributed by atoms with Crippen LogP contribution in [-0.4, -0.2) is 4.92 Å². The lowest BCUT2D eigenvalue weighted by molar-refractivity contribution is -0.384. The highest BCUT2D eigenvalue weighted by Gasteiger charge is 2.08. The first-order valence-corrected chi connectivity index (χ1v) is 4.17. The molecular weight excluding hydrogens is 194 g/mol. The van der Waals surface area contributed by atoms with E-state index in [1.54, 1.807) is 6.92 Å². The second-order valence-corrected chi connectivity index (χ2v) is 2.99. The normalized spacial score (nSPS) is 10.8. The van der Waals surface area contributed by atoms with E-state index >= 15 is 0 Å². The van der Waals surface area contributed by atoms with Crippen LogP contribution in [0.25, 0.3) is 5.70 Å². The molecule has 15 heavy (non-hydrogen) atoms. The van der Waals surface area contributed by atoms with Crippen molar-refractivity contribution in [2.45, 2.75) is 6.92 Å². The zero-order valence-corrected chi connectivity index (χ0v) is 8.10. The molecule has 0 aliphatic carbocycles. The Kier molecular flexibility index (Phi) is 3.03. The molecule has 0 fully saturated rings. The van der Waals surface area contributed by atoms with Gasteiger partial charge in [-0.25, -0.2) is 0 Å². The molecule has 1 rings (SSSR count). The van der Waals surface area contributed by atoms with E-state index in [0.29, 0.717) is 16.8 Å². The predicted octanol–water partition coefficient (Wildman–Crippen LogP) is 1.73. The van der Waals surface area contributed by atoms with Gasteiger partial charge >= 0.3 is 0 Å². The van der Waals surface area contributed by atoms with E-state index in [1.807, 2.05) is 6.07 Å². The highest BCUT2D eigenvalue weighted by Crippen LogP contribution is 2.20. The molecule has 1 aromatic rings. The van der Waals surface area contributed by atoms with E-state index in [4.69, 9.17) is 11.0 Å². The third kappa shape index (κ3) is 2.31. The van der Waals surface area contributed by atoms with Crippen LogP contribution < -0.4 is 5.73 Å². The molecule has 0 aromatic heterocycles. The lowest BCUT2D eigenvalue weighted by atomic mass is 10.1.